The lowest BCUT2D eigenvalue weighted by molar-refractivity contribution is 0.739. The Labute approximate surface area is 83.9 Å². The third-order valence-corrected chi connectivity index (χ3v) is 3.08. The van der Waals surface area contributed by atoms with Crippen molar-refractivity contribution in [3.63, 3.8) is 0 Å². The minimum atomic E-state index is 0.673. The van der Waals surface area contributed by atoms with Gasteiger partial charge in [0.25, 0.3) is 0 Å². The van der Waals surface area contributed by atoms with Gasteiger partial charge in [-0.05, 0) is 22.0 Å². The van der Waals surface area contributed by atoms with Gasteiger partial charge in [-0.25, -0.2) is 0 Å². The smallest absolute Gasteiger partial charge is 0.0348 e. The highest BCUT2D eigenvalue weighted by Gasteiger charge is 1.95. The SMILES string of the molecule is ClCCNCc1cc(Br)cs1. The Morgan fingerprint density at radius 2 is 2.45 bits per heavy atom. The fraction of sp³-hybridized carbons (Fsp3) is 0.429. The summed E-state index contributed by atoms with van der Waals surface area (Å²) in [6.07, 6.45) is 0. The van der Waals surface area contributed by atoms with E-state index in [1.807, 2.05) is 0 Å². The Balaban J connectivity index is 2.27. The van der Waals surface area contributed by atoms with Crippen molar-refractivity contribution in [3.05, 3.63) is 20.8 Å². The molecule has 0 saturated heterocycles. The van der Waals surface area contributed by atoms with Crippen molar-refractivity contribution >= 4 is 38.9 Å². The van der Waals surface area contributed by atoms with Gasteiger partial charge in [0.15, 0.2) is 0 Å². The molecule has 62 valence electrons. The number of hydrogen-bond donors (Lipinski definition) is 1. The number of thiophene rings is 1. The first-order valence-electron chi connectivity index (χ1n) is 3.32. The molecule has 0 saturated carbocycles. The summed E-state index contributed by atoms with van der Waals surface area (Å²) >= 11 is 10.6. The summed E-state index contributed by atoms with van der Waals surface area (Å²) < 4.78 is 1.16. The molecular formula is C7H9BrClNS. The van der Waals surface area contributed by atoms with Crippen LogP contribution in [0.1, 0.15) is 4.88 Å². The molecule has 1 N–H and O–H groups in total. The zero-order valence-electron chi connectivity index (χ0n) is 5.94. The molecule has 1 nitrogen and oxygen atoms in total. The van der Waals surface area contributed by atoms with E-state index in [1.165, 1.54) is 4.88 Å². The number of rotatable bonds is 4. The zero-order valence-corrected chi connectivity index (χ0v) is 9.10. The van der Waals surface area contributed by atoms with Gasteiger partial charge < -0.3 is 5.32 Å². The van der Waals surface area contributed by atoms with E-state index < -0.39 is 0 Å². The molecule has 1 aromatic rings. The molecule has 0 spiro atoms. The monoisotopic (exact) mass is 253 g/mol. The lowest BCUT2D eigenvalue weighted by atomic mass is 10.4. The van der Waals surface area contributed by atoms with Crippen LogP contribution in [-0.2, 0) is 6.54 Å². The Morgan fingerprint density at radius 3 is 3.00 bits per heavy atom. The Kier molecular flexibility index (Phi) is 4.45. The van der Waals surface area contributed by atoms with Crippen molar-refractivity contribution in [2.75, 3.05) is 12.4 Å². The molecule has 0 aliphatic heterocycles. The molecule has 1 rings (SSSR count). The summed E-state index contributed by atoms with van der Waals surface area (Å²) in [6.45, 7) is 1.79. The molecule has 4 heteroatoms. The molecule has 0 aromatic carbocycles. The summed E-state index contributed by atoms with van der Waals surface area (Å²) in [5, 5.41) is 5.30. The van der Waals surface area contributed by atoms with Crippen molar-refractivity contribution in [2.24, 2.45) is 0 Å². The summed E-state index contributed by atoms with van der Waals surface area (Å²) in [7, 11) is 0. The van der Waals surface area contributed by atoms with Gasteiger partial charge in [-0.3, -0.25) is 0 Å². The predicted molar refractivity (Wildman–Crippen MR) is 54.4 cm³/mol. The number of nitrogens with one attached hydrogen (secondary N) is 1. The van der Waals surface area contributed by atoms with Gasteiger partial charge in [0.05, 0.1) is 0 Å². The van der Waals surface area contributed by atoms with E-state index in [9.17, 15) is 0 Å². The highest BCUT2D eigenvalue weighted by atomic mass is 79.9. The minimum Gasteiger partial charge on any atom is -0.311 e. The van der Waals surface area contributed by atoms with Crippen LogP contribution in [0.4, 0.5) is 0 Å². The molecule has 0 amide bonds. The first-order chi connectivity index (χ1) is 5.33. The molecule has 1 heterocycles. The van der Waals surface area contributed by atoms with Crippen LogP contribution in [0.15, 0.2) is 15.9 Å². The van der Waals surface area contributed by atoms with E-state index in [1.54, 1.807) is 11.3 Å². The van der Waals surface area contributed by atoms with Gasteiger partial charge >= 0.3 is 0 Å². The van der Waals surface area contributed by atoms with Gasteiger partial charge in [-0.2, -0.15) is 0 Å². The van der Waals surface area contributed by atoms with E-state index in [0.717, 1.165) is 17.6 Å². The Morgan fingerprint density at radius 1 is 1.64 bits per heavy atom. The highest BCUT2D eigenvalue weighted by Crippen LogP contribution is 2.19. The van der Waals surface area contributed by atoms with Crippen LogP contribution in [0.5, 0.6) is 0 Å². The highest BCUT2D eigenvalue weighted by molar-refractivity contribution is 9.10. The quantitative estimate of drug-likeness (QED) is 0.644. The molecule has 11 heavy (non-hydrogen) atoms. The van der Waals surface area contributed by atoms with Gasteiger partial charge in [0.2, 0.25) is 0 Å². The molecule has 0 atom stereocenters. The topological polar surface area (TPSA) is 12.0 Å². The zero-order chi connectivity index (χ0) is 8.10. The molecule has 1 aromatic heterocycles. The lowest BCUT2D eigenvalue weighted by Gasteiger charge is -1.97. The third-order valence-electron chi connectivity index (χ3n) is 1.19. The fourth-order valence-corrected chi connectivity index (χ4v) is 2.28. The average molecular weight is 255 g/mol. The second-order valence-electron chi connectivity index (χ2n) is 2.10. The van der Waals surface area contributed by atoms with Crippen LogP contribution in [0.3, 0.4) is 0 Å². The van der Waals surface area contributed by atoms with Crippen LogP contribution >= 0.6 is 38.9 Å². The molecule has 0 radical (unpaired) electrons. The van der Waals surface area contributed by atoms with Crippen molar-refractivity contribution in [2.45, 2.75) is 6.54 Å². The number of hydrogen-bond acceptors (Lipinski definition) is 2. The summed E-state index contributed by atoms with van der Waals surface area (Å²) in [5.74, 6) is 0.673. The van der Waals surface area contributed by atoms with Gasteiger partial charge in [-0.1, -0.05) is 0 Å². The lowest BCUT2D eigenvalue weighted by Crippen LogP contribution is -2.14. The van der Waals surface area contributed by atoms with Crippen molar-refractivity contribution in [1.29, 1.82) is 0 Å². The minimum absolute atomic E-state index is 0.673. The number of halogens is 2. The second-order valence-corrected chi connectivity index (χ2v) is 4.39. The largest absolute Gasteiger partial charge is 0.311 e. The first-order valence-corrected chi connectivity index (χ1v) is 5.53. The molecule has 0 bridgehead atoms. The first kappa shape index (κ1) is 9.52. The van der Waals surface area contributed by atoms with Gasteiger partial charge in [-0.15, -0.1) is 22.9 Å². The fourth-order valence-electron chi connectivity index (χ4n) is 0.725. The van der Waals surface area contributed by atoms with Crippen LogP contribution in [0.25, 0.3) is 0 Å². The molecular weight excluding hydrogens is 246 g/mol. The Bertz CT molecular complexity index is 214. The second kappa shape index (κ2) is 5.14. The van der Waals surface area contributed by atoms with E-state index in [4.69, 9.17) is 11.6 Å². The Hall–Kier alpha value is 0.430. The summed E-state index contributed by atoms with van der Waals surface area (Å²) in [6, 6.07) is 2.12. The summed E-state index contributed by atoms with van der Waals surface area (Å²) in [5.41, 5.74) is 0. The van der Waals surface area contributed by atoms with E-state index in [0.29, 0.717) is 5.88 Å². The van der Waals surface area contributed by atoms with Gasteiger partial charge in [0, 0.05) is 33.7 Å². The third kappa shape index (κ3) is 3.56. The molecule has 0 aliphatic rings. The van der Waals surface area contributed by atoms with Crippen molar-refractivity contribution < 1.29 is 0 Å². The molecule has 0 unspecified atom stereocenters. The number of alkyl halides is 1. The predicted octanol–water partition coefficient (Wildman–Crippen LogP) is 2.84. The maximum absolute atomic E-state index is 5.50. The maximum Gasteiger partial charge on any atom is 0.0348 e. The summed E-state index contributed by atoms with van der Waals surface area (Å²) in [4.78, 5) is 1.34. The van der Waals surface area contributed by atoms with Crippen LogP contribution in [0.2, 0.25) is 0 Å². The van der Waals surface area contributed by atoms with E-state index in [2.05, 4.69) is 32.7 Å². The van der Waals surface area contributed by atoms with E-state index >= 15 is 0 Å². The van der Waals surface area contributed by atoms with Crippen LogP contribution in [0, 0.1) is 0 Å². The molecule has 0 fully saturated rings. The van der Waals surface area contributed by atoms with Gasteiger partial charge in [0.1, 0.15) is 0 Å². The average Bonchev–Trinajstić information content (AvgIpc) is 2.37. The normalized spacial score (nSPS) is 10.4. The standard InChI is InChI=1S/C7H9BrClNS/c8-6-3-7(11-5-6)4-10-2-1-9/h3,5,10H,1-2,4H2. The maximum atomic E-state index is 5.50. The van der Waals surface area contributed by atoms with Crippen molar-refractivity contribution in [3.8, 4) is 0 Å². The van der Waals surface area contributed by atoms with Crippen LogP contribution in [-0.4, -0.2) is 12.4 Å². The molecule has 0 aliphatic carbocycles. The van der Waals surface area contributed by atoms with Crippen molar-refractivity contribution in [1.82, 2.24) is 5.32 Å². The van der Waals surface area contributed by atoms with E-state index in [-0.39, 0.29) is 0 Å². The van der Waals surface area contributed by atoms with Crippen LogP contribution < -0.4 is 5.32 Å².